The molecule has 2 aliphatic carbocycles. The first-order valence-corrected chi connectivity index (χ1v) is 10.7. The molecule has 0 amide bonds. The topological polar surface area (TPSA) is 50.5 Å². The van der Waals surface area contributed by atoms with Gasteiger partial charge in [-0.15, -0.1) is 0 Å². The Morgan fingerprint density at radius 2 is 0.914 bits per heavy atom. The van der Waals surface area contributed by atoms with Crippen molar-refractivity contribution in [3.8, 4) is 0 Å². The van der Waals surface area contributed by atoms with Crippen LogP contribution in [0.1, 0.15) is 39.1 Å². The fourth-order valence-corrected chi connectivity index (χ4v) is 4.30. The van der Waals surface area contributed by atoms with E-state index in [2.05, 4.69) is 58.1 Å². The second kappa shape index (κ2) is 12.0. The van der Waals surface area contributed by atoms with Gasteiger partial charge in [0.05, 0.1) is 22.8 Å². The van der Waals surface area contributed by atoms with Crippen molar-refractivity contribution < 1.29 is 51.0 Å². The van der Waals surface area contributed by atoms with Crippen LogP contribution in [0.5, 0.6) is 0 Å². The fourth-order valence-electron chi connectivity index (χ4n) is 4.30. The smallest absolute Gasteiger partial charge is 1.00 e. The van der Waals surface area contributed by atoms with Crippen LogP contribution in [-0.2, 0) is 26.2 Å². The number of pyridine rings is 2. The average molecular weight is 579 g/mol. The van der Waals surface area contributed by atoms with E-state index >= 15 is 0 Å². The van der Waals surface area contributed by atoms with E-state index in [0.717, 1.165) is 34.2 Å². The number of aliphatic imine (C=N–C) groups is 2. The third-order valence-electron chi connectivity index (χ3n) is 5.72. The molecule has 0 fully saturated rings. The maximum absolute atomic E-state index is 4.53. The Bertz CT molecular complexity index is 1270. The van der Waals surface area contributed by atoms with E-state index in [1.165, 1.54) is 33.4 Å². The quantitative estimate of drug-likeness (QED) is 0.516. The van der Waals surface area contributed by atoms with Crippen molar-refractivity contribution in [3.63, 3.8) is 0 Å². The summed E-state index contributed by atoms with van der Waals surface area (Å²) in [4.78, 5) is 17.8. The zero-order chi connectivity index (χ0) is 22.2. The van der Waals surface area contributed by atoms with Gasteiger partial charge in [0.25, 0.3) is 0 Å². The number of aromatic nitrogens is 2. The van der Waals surface area contributed by atoms with Gasteiger partial charge in [-0.25, -0.2) is 0 Å². The molecule has 2 aromatic rings. The third-order valence-corrected chi connectivity index (χ3v) is 5.72. The number of allylic oxidation sites excluding steroid dienone is 8. The number of hydrogen-bond donors (Lipinski definition) is 0. The van der Waals surface area contributed by atoms with Crippen LogP contribution in [0.4, 0.5) is 0 Å². The van der Waals surface area contributed by atoms with Crippen LogP contribution < -0.4 is 24.8 Å². The van der Waals surface area contributed by atoms with Crippen LogP contribution in [0, 0.1) is 0 Å². The van der Waals surface area contributed by atoms with E-state index in [4.69, 9.17) is 0 Å². The van der Waals surface area contributed by atoms with Gasteiger partial charge in [0.1, 0.15) is 0 Å². The molecule has 174 valence electrons. The number of halogens is 2. The normalized spacial score (nSPS) is 16.7. The molecule has 4 aliphatic rings. The summed E-state index contributed by atoms with van der Waals surface area (Å²) < 4.78 is 0. The van der Waals surface area contributed by atoms with Crippen molar-refractivity contribution in [2.24, 2.45) is 9.98 Å². The summed E-state index contributed by atoms with van der Waals surface area (Å²) in [5.41, 5.74) is 13.7. The van der Waals surface area contributed by atoms with Crippen LogP contribution in [0.3, 0.4) is 0 Å². The zero-order valence-corrected chi connectivity index (χ0v) is 23.9. The minimum atomic E-state index is 0. The van der Waals surface area contributed by atoms with E-state index < -0.39 is 0 Å². The molecule has 0 spiro atoms. The standard InChI is InChI=1S/2C14H12N2.2ClH.Zr/c2*1-9-7-11(13-5-3-4-6-15-13)12-8-10(2)16-14(9)12;;;/h2*3-8H,1-2H3;2*1H;/q;;;;+2/p-2. The summed E-state index contributed by atoms with van der Waals surface area (Å²) in [7, 11) is 0. The van der Waals surface area contributed by atoms with E-state index in [0.29, 0.717) is 0 Å². The van der Waals surface area contributed by atoms with Crippen molar-refractivity contribution >= 4 is 22.6 Å². The molecule has 4 nitrogen and oxygen atoms in total. The van der Waals surface area contributed by atoms with Gasteiger partial charge in [-0.05, 0) is 87.4 Å². The van der Waals surface area contributed by atoms with Crippen LogP contribution in [0.25, 0.3) is 11.1 Å². The van der Waals surface area contributed by atoms with Crippen molar-refractivity contribution in [2.75, 3.05) is 0 Å². The molecule has 2 aromatic heterocycles. The van der Waals surface area contributed by atoms with Gasteiger partial charge in [-0.1, -0.05) is 12.1 Å². The first-order chi connectivity index (χ1) is 15.5. The molecule has 6 rings (SSSR count). The molecule has 0 bridgehead atoms. The summed E-state index contributed by atoms with van der Waals surface area (Å²) >= 11 is 0. The van der Waals surface area contributed by atoms with Gasteiger partial charge in [0.2, 0.25) is 0 Å². The van der Waals surface area contributed by atoms with Gasteiger partial charge >= 0.3 is 26.2 Å². The van der Waals surface area contributed by atoms with Gasteiger partial charge < -0.3 is 24.8 Å². The fraction of sp³-hybridized carbons (Fsp3) is 0.143. The predicted octanol–water partition coefficient (Wildman–Crippen LogP) is 0.313. The maximum atomic E-state index is 4.53. The van der Waals surface area contributed by atoms with Crippen molar-refractivity contribution in [1.82, 2.24) is 9.97 Å². The largest absolute Gasteiger partial charge is 2.00 e. The van der Waals surface area contributed by atoms with Gasteiger partial charge in [0.15, 0.2) is 0 Å². The van der Waals surface area contributed by atoms with Crippen molar-refractivity contribution in [2.45, 2.75) is 27.7 Å². The Labute approximate surface area is 238 Å². The number of hydrogen-bond acceptors (Lipinski definition) is 4. The van der Waals surface area contributed by atoms with Gasteiger partial charge in [-0.3, -0.25) is 20.0 Å². The van der Waals surface area contributed by atoms with Gasteiger partial charge in [-0.2, -0.15) is 0 Å². The zero-order valence-electron chi connectivity index (χ0n) is 20.0. The van der Waals surface area contributed by atoms with Crippen LogP contribution in [0.2, 0.25) is 0 Å². The van der Waals surface area contributed by atoms with E-state index in [1.807, 2.05) is 62.6 Å². The molecular formula is C28H24Cl2N4Zr. The van der Waals surface area contributed by atoms with Gasteiger partial charge in [0, 0.05) is 46.1 Å². The summed E-state index contributed by atoms with van der Waals surface area (Å²) in [5.74, 6) is 0. The predicted molar refractivity (Wildman–Crippen MR) is 132 cm³/mol. The van der Waals surface area contributed by atoms with Crippen molar-refractivity contribution in [3.05, 3.63) is 118 Å². The second-order valence-electron chi connectivity index (χ2n) is 8.23. The molecule has 0 unspecified atom stereocenters. The molecule has 4 heterocycles. The molecule has 2 aliphatic heterocycles. The van der Waals surface area contributed by atoms with Crippen LogP contribution in [0.15, 0.2) is 117 Å². The first kappa shape index (κ1) is 28.8. The van der Waals surface area contributed by atoms with Crippen LogP contribution in [-0.4, -0.2) is 21.4 Å². The first-order valence-electron chi connectivity index (χ1n) is 10.7. The average Bonchev–Trinajstić information content (AvgIpc) is 3.53. The molecule has 7 heteroatoms. The van der Waals surface area contributed by atoms with Crippen molar-refractivity contribution in [1.29, 1.82) is 0 Å². The maximum Gasteiger partial charge on any atom is 2.00 e. The molecule has 35 heavy (non-hydrogen) atoms. The number of fused-ring (bicyclic) bond motifs is 2. The monoisotopic (exact) mass is 576 g/mol. The van der Waals surface area contributed by atoms with E-state index in [9.17, 15) is 0 Å². The summed E-state index contributed by atoms with van der Waals surface area (Å²) in [6, 6.07) is 12.0. The minimum absolute atomic E-state index is 0. The summed E-state index contributed by atoms with van der Waals surface area (Å²) in [6.07, 6.45) is 12.2. The summed E-state index contributed by atoms with van der Waals surface area (Å²) in [5, 5.41) is 0. The van der Waals surface area contributed by atoms with E-state index in [-0.39, 0.29) is 51.0 Å². The third kappa shape index (κ3) is 5.69. The number of nitrogens with zero attached hydrogens (tertiary/aromatic N) is 4. The Hall–Kier alpha value is -2.46. The Morgan fingerprint density at radius 1 is 0.514 bits per heavy atom. The SMILES string of the molecule is CC1=NC2=C(C)C=C(c3ccccn3)C2=C1.CC1=NC2=C(C)C=C(c3ccccn3)C2=C1.[Cl-].[Cl-].[Zr+2]. The summed E-state index contributed by atoms with van der Waals surface area (Å²) in [6.45, 7) is 8.26. The molecular weight excluding hydrogens is 554 g/mol. The molecule has 0 N–H and O–H groups in total. The Kier molecular flexibility index (Phi) is 9.86. The second-order valence-corrected chi connectivity index (χ2v) is 8.23. The van der Waals surface area contributed by atoms with Crippen LogP contribution >= 0.6 is 0 Å². The Morgan fingerprint density at radius 3 is 1.26 bits per heavy atom. The van der Waals surface area contributed by atoms with E-state index in [1.54, 1.807) is 0 Å². The molecule has 0 atom stereocenters. The molecule has 0 saturated carbocycles. The molecule has 0 radical (unpaired) electrons. The molecule has 0 aromatic carbocycles. The Balaban J connectivity index is 0.000000227. The number of rotatable bonds is 2. The minimum Gasteiger partial charge on any atom is -1.00 e. The molecule has 0 saturated heterocycles.